The maximum Gasteiger partial charge on any atom is 0.337 e. The average molecular weight is 420 g/mol. The Morgan fingerprint density at radius 1 is 1.34 bits per heavy atom. The molecule has 3 rings (SSSR count). The van der Waals surface area contributed by atoms with Crippen LogP contribution in [0.15, 0.2) is 33.2 Å². The molecule has 0 spiro atoms. The molecule has 1 aliphatic rings. The minimum Gasteiger partial charge on any atom is -0.463 e. The lowest BCUT2D eigenvalue weighted by Crippen LogP contribution is -2.51. The second-order valence-electron chi connectivity index (χ2n) is 6.62. The summed E-state index contributed by atoms with van der Waals surface area (Å²) in [5.74, 6) is 0.534. The van der Waals surface area contributed by atoms with E-state index in [0.717, 1.165) is 17.8 Å². The number of aromatic nitrogens is 2. The molecule has 2 amide bonds. The van der Waals surface area contributed by atoms with Crippen molar-refractivity contribution in [3.05, 3.63) is 34.7 Å². The molecule has 156 valence electrons. The zero-order chi connectivity index (χ0) is 20.8. The van der Waals surface area contributed by atoms with E-state index in [4.69, 9.17) is 9.15 Å². The van der Waals surface area contributed by atoms with E-state index in [1.807, 2.05) is 17.5 Å². The number of nitrogens with zero attached hydrogens (tertiary/aromatic N) is 3. The van der Waals surface area contributed by atoms with E-state index >= 15 is 0 Å². The van der Waals surface area contributed by atoms with Gasteiger partial charge in [-0.25, -0.2) is 9.59 Å². The highest BCUT2D eigenvalue weighted by Crippen LogP contribution is 2.23. The molecule has 0 aliphatic carbocycles. The third-order valence-electron chi connectivity index (χ3n) is 4.34. The number of esters is 1. The first-order chi connectivity index (χ1) is 14.0. The van der Waals surface area contributed by atoms with Crippen molar-refractivity contribution in [3.63, 3.8) is 0 Å². The van der Waals surface area contributed by atoms with Gasteiger partial charge in [0, 0.05) is 12.2 Å². The summed E-state index contributed by atoms with van der Waals surface area (Å²) in [6.07, 6.45) is 0.885. The third kappa shape index (κ3) is 5.21. The Hall–Kier alpha value is -2.72. The van der Waals surface area contributed by atoms with Crippen LogP contribution in [-0.4, -0.2) is 52.8 Å². The zero-order valence-corrected chi connectivity index (χ0v) is 17.5. The first kappa shape index (κ1) is 21.0. The van der Waals surface area contributed by atoms with E-state index in [-0.39, 0.29) is 12.6 Å². The van der Waals surface area contributed by atoms with Crippen molar-refractivity contribution in [2.75, 3.05) is 19.7 Å². The van der Waals surface area contributed by atoms with Gasteiger partial charge < -0.3 is 19.8 Å². The van der Waals surface area contributed by atoms with Crippen LogP contribution in [0.2, 0.25) is 0 Å². The maximum absolute atomic E-state index is 12.4. The molecule has 2 aromatic rings. The van der Waals surface area contributed by atoms with Crippen LogP contribution in [0.4, 0.5) is 4.79 Å². The molecule has 9 nitrogen and oxygen atoms in total. The van der Waals surface area contributed by atoms with Gasteiger partial charge in [-0.15, -0.1) is 21.5 Å². The number of hydrogen-bond acceptors (Lipinski definition) is 8. The standard InChI is InChI=1S/C19H25N5O4S/c1-4-8-24(11-15-22-23-17(28-15)14-7-6-9-29-14)10-13-16(18(25)27-5-2)12(3)20-19(26)21-13/h6-7,9,12H,4-5,8,10-11H2,1-3H3,(H2,20,21,26). The van der Waals surface area contributed by atoms with Crippen molar-refractivity contribution in [2.45, 2.75) is 39.8 Å². The summed E-state index contributed by atoms with van der Waals surface area (Å²) in [6.45, 7) is 7.33. The Morgan fingerprint density at radius 3 is 2.86 bits per heavy atom. The zero-order valence-electron chi connectivity index (χ0n) is 16.7. The van der Waals surface area contributed by atoms with Gasteiger partial charge in [-0.05, 0) is 38.3 Å². The van der Waals surface area contributed by atoms with E-state index in [9.17, 15) is 9.59 Å². The molecular formula is C19H25N5O4S. The summed E-state index contributed by atoms with van der Waals surface area (Å²) in [5.41, 5.74) is 0.962. The van der Waals surface area contributed by atoms with Crippen LogP contribution >= 0.6 is 11.3 Å². The summed E-state index contributed by atoms with van der Waals surface area (Å²) < 4.78 is 11.0. The van der Waals surface area contributed by atoms with Crippen molar-refractivity contribution in [1.29, 1.82) is 0 Å². The van der Waals surface area contributed by atoms with E-state index in [1.165, 1.54) is 11.3 Å². The molecule has 0 radical (unpaired) electrons. The van der Waals surface area contributed by atoms with Gasteiger partial charge in [0.25, 0.3) is 5.89 Å². The molecule has 0 fully saturated rings. The molecule has 2 aromatic heterocycles. The molecular weight excluding hydrogens is 394 g/mol. The number of thiophene rings is 1. The van der Waals surface area contributed by atoms with Crippen molar-refractivity contribution >= 4 is 23.3 Å². The molecule has 0 saturated carbocycles. The quantitative estimate of drug-likeness (QED) is 0.601. The number of carbonyl (C=O) groups excluding carboxylic acids is 2. The first-order valence-corrected chi connectivity index (χ1v) is 10.5. The normalized spacial score (nSPS) is 16.7. The number of urea groups is 1. The number of hydrogen-bond donors (Lipinski definition) is 2. The van der Waals surface area contributed by atoms with E-state index in [0.29, 0.717) is 36.1 Å². The number of carbonyl (C=O) groups is 2. The number of ether oxygens (including phenoxy) is 1. The number of amides is 2. The lowest BCUT2D eigenvalue weighted by atomic mass is 10.0. The Balaban J connectivity index is 1.79. The monoisotopic (exact) mass is 419 g/mol. The number of nitrogens with one attached hydrogen (secondary N) is 2. The fraction of sp³-hybridized carbons (Fsp3) is 0.474. The van der Waals surface area contributed by atoms with Gasteiger partial charge in [-0.1, -0.05) is 13.0 Å². The van der Waals surface area contributed by atoms with Crippen LogP contribution in [0.1, 0.15) is 33.1 Å². The van der Waals surface area contributed by atoms with Crippen molar-refractivity contribution in [3.8, 4) is 10.8 Å². The van der Waals surface area contributed by atoms with E-state index in [2.05, 4.69) is 32.7 Å². The van der Waals surface area contributed by atoms with Gasteiger partial charge in [0.2, 0.25) is 5.89 Å². The topological polar surface area (TPSA) is 110 Å². The molecule has 0 bridgehead atoms. The van der Waals surface area contributed by atoms with Gasteiger partial charge in [-0.2, -0.15) is 0 Å². The molecule has 29 heavy (non-hydrogen) atoms. The highest BCUT2D eigenvalue weighted by Gasteiger charge is 2.30. The molecule has 0 aromatic carbocycles. The minimum atomic E-state index is -0.435. The van der Waals surface area contributed by atoms with Crippen LogP contribution in [0, 0.1) is 0 Å². The third-order valence-corrected chi connectivity index (χ3v) is 5.20. The minimum absolute atomic E-state index is 0.266. The van der Waals surface area contributed by atoms with Crippen LogP contribution in [0.5, 0.6) is 0 Å². The largest absolute Gasteiger partial charge is 0.463 e. The van der Waals surface area contributed by atoms with E-state index in [1.54, 1.807) is 13.8 Å². The van der Waals surface area contributed by atoms with Crippen LogP contribution < -0.4 is 10.6 Å². The lowest BCUT2D eigenvalue weighted by Gasteiger charge is -2.29. The molecule has 1 unspecified atom stereocenters. The fourth-order valence-corrected chi connectivity index (χ4v) is 3.81. The van der Waals surface area contributed by atoms with Gasteiger partial charge in [-0.3, -0.25) is 4.90 Å². The molecule has 2 N–H and O–H groups in total. The second kappa shape index (κ2) is 9.66. The van der Waals surface area contributed by atoms with E-state index < -0.39 is 12.0 Å². The molecule has 0 saturated heterocycles. The first-order valence-electron chi connectivity index (χ1n) is 9.58. The van der Waals surface area contributed by atoms with Gasteiger partial charge in [0.05, 0.1) is 29.6 Å². The number of rotatable bonds is 9. The average Bonchev–Trinajstić information content (AvgIpc) is 3.33. The highest BCUT2D eigenvalue weighted by molar-refractivity contribution is 7.13. The predicted molar refractivity (Wildman–Crippen MR) is 108 cm³/mol. The Labute approximate surface area is 173 Å². The lowest BCUT2D eigenvalue weighted by molar-refractivity contribution is -0.139. The van der Waals surface area contributed by atoms with Crippen molar-refractivity contribution in [2.24, 2.45) is 0 Å². The smallest absolute Gasteiger partial charge is 0.337 e. The Morgan fingerprint density at radius 2 is 2.17 bits per heavy atom. The van der Waals surface area contributed by atoms with Crippen LogP contribution in [0.25, 0.3) is 10.8 Å². The van der Waals surface area contributed by atoms with Gasteiger partial charge >= 0.3 is 12.0 Å². The van der Waals surface area contributed by atoms with Crippen molar-refractivity contribution < 1.29 is 18.7 Å². The summed E-state index contributed by atoms with van der Waals surface area (Å²) in [6, 6.07) is 3.08. The molecule has 1 aliphatic heterocycles. The fourth-order valence-electron chi connectivity index (χ4n) is 3.17. The SMILES string of the molecule is CCCN(CC1=C(C(=O)OCC)C(C)NC(=O)N1)Cc1nnc(-c2cccs2)o1. The summed E-state index contributed by atoms with van der Waals surface area (Å²) in [4.78, 5) is 27.4. The van der Waals surface area contributed by atoms with Crippen molar-refractivity contribution in [1.82, 2.24) is 25.7 Å². The Kier molecular flexibility index (Phi) is 6.99. The Bertz CT molecular complexity index is 877. The highest BCUT2D eigenvalue weighted by atomic mass is 32.1. The predicted octanol–water partition coefficient (Wildman–Crippen LogP) is 2.53. The van der Waals surface area contributed by atoms with Crippen LogP contribution in [0.3, 0.4) is 0 Å². The van der Waals surface area contributed by atoms with Gasteiger partial charge in [0.15, 0.2) is 0 Å². The summed E-state index contributed by atoms with van der Waals surface area (Å²) in [7, 11) is 0. The summed E-state index contributed by atoms with van der Waals surface area (Å²) >= 11 is 1.53. The van der Waals surface area contributed by atoms with Gasteiger partial charge in [0.1, 0.15) is 0 Å². The molecule has 1 atom stereocenters. The molecule has 3 heterocycles. The summed E-state index contributed by atoms with van der Waals surface area (Å²) in [5, 5.41) is 15.7. The maximum atomic E-state index is 12.4. The van der Waals surface area contributed by atoms with Crippen LogP contribution in [-0.2, 0) is 16.1 Å². The molecule has 10 heteroatoms. The second-order valence-corrected chi connectivity index (χ2v) is 7.57.